The van der Waals surface area contributed by atoms with E-state index in [0.29, 0.717) is 5.41 Å². The van der Waals surface area contributed by atoms with E-state index in [4.69, 9.17) is 0 Å². The van der Waals surface area contributed by atoms with E-state index in [2.05, 4.69) is 174 Å². The maximum atomic E-state index is 2.68. The van der Waals surface area contributed by atoms with E-state index >= 15 is 0 Å². The zero-order valence-electron chi connectivity index (χ0n) is 35.1. The number of nitrogens with zero attached hydrogens (tertiary/aromatic N) is 1. The quantitative estimate of drug-likeness (QED) is 0.173. The van der Waals surface area contributed by atoms with E-state index < -0.39 is 0 Å². The first kappa shape index (κ1) is 34.0. The van der Waals surface area contributed by atoms with Gasteiger partial charge < -0.3 is 4.90 Å². The van der Waals surface area contributed by atoms with Gasteiger partial charge in [0.2, 0.25) is 0 Å². The summed E-state index contributed by atoms with van der Waals surface area (Å²) in [7, 11) is 0. The first-order chi connectivity index (χ1) is 28.0. The number of hydrogen-bond donors (Lipinski definition) is 0. The third kappa shape index (κ3) is 3.87. The van der Waals surface area contributed by atoms with E-state index in [1.54, 1.807) is 11.1 Å². The minimum absolute atomic E-state index is 0.0951. The molecule has 4 fully saturated rings. The normalized spacial score (nSPS) is 29.7. The third-order valence-electron chi connectivity index (χ3n) is 18.0. The Bertz CT molecular complexity index is 2780. The lowest BCUT2D eigenvalue weighted by Crippen LogP contribution is -2.73. The van der Waals surface area contributed by atoms with Gasteiger partial charge in [0.25, 0.3) is 0 Å². The van der Waals surface area contributed by atoms with Crippen molar-refractivity contribution in [2.75, 3.05) is 4.90 Å². The first-order valence-corrected chi connectivity index (χ1v) is 22.5. The van der Waals surface area contributed by atoms with Gasteiger partial charge >= 0.3 is 0 Å². The van der Waals surface area contributed by atoms with Crippen LogP contribution >= 0.6 is 0 Å². The summed E-state index contributed by atoms with van der Waals surface area (Å²) in [6, 6.07) is 50.3. The van der Waals surface area contributed by atoms with Gasteiger partial charge in [-0.1, -0.05) is 145 Å². The molecule has 4 saturated carbocycles. The molecule has 58 heavy (non-hydrogen) atoms. The molecule has 0 saturated heterocycles. The summed E-state index contributed by atoms with van der Waals surface area (Å²) < 4.78 is 0. The van der Waals surface area contributed by atoms with Crippen molar-refractivity contribution in [1.29, 1.82) is 0 Å². The Labute approximate surface area is 345 Å². The minimum Gasteiger partial charge on any atom is -0.309 e. The fourth-order valence-corrected chi connectivity index (χ4v) is 15.4. The molecule has 0 radical (unpaired) electrons. The largest absolute Gasteiger partial charge is 0.309 e. The predicted molar refractivity (Wildman–Crippen MR) is 240 cm³/mol. The molecule has 0 N–H and O–H groups in total. The van der Waals surface area contributed by atoms with Gasteiger partial charge in [0, 0.05) is 27.6 Å². The highest BCUT2D eigenvalue weighted by Gasteiger charge is 2.84. The van der Waals surface area contributed by atoms with Crippen LogP contribution in [0.5, 0.6) is 0 Å². The lowest BCUT2D eigenvalue weighted by molar-refractivity contribution is -0.231. The molecule has 0 aromatic heterocycles. The lowest BCUT2D eigenvalue weighted by Gasteiger charge is -2.76. The van der Waals surface area contributed by atoms with Crippen LogP contribution in [-0.2, 0) is 21.7 Å². The van der Waals surface area contributed by atoms with Crippen molar-refractivity contribution in [1.82, 2.24) is 0 Å². The number of para-hydroxylation sites is 1. The molecule has 2 spiro atoms. The van der Waals surface area contributed by atoms with Gasteiger partial charge in [0.15, 0.2) is 0 Å². The van der Waals surface area contributed by atoms with Crippen molar-refractivity contribution in [3.8, 4) is 33.4 Å². The standard InChI is InChI=1S/C57H55N/c1-53(2)26-27-54(3,4)47-30-35(22-25-44(47)53)38-14-9-12-20-48(38)58(37-23-24-40-39-15-7-10-17-42(39)55(5,6)46(40)32-37)49-21-13-19-45-52(49)41-16-8-11-18-43(41)57(45)50-29-34-28-36-31-51(57)56(36,50)33-34/h7-25,30,32,34,36,50-51H,26-29,31,33H2,1-6H3. The van der Waals surface area contributed by atoms with Gasteiger partial charge in [0.1, 0.15) is 0 Å². The molecule has 6 unspecified atom stereocenters. The van der Waals surface area contributed by atoms with Crippen LogP contribution < -0.4 is 4.90 Å². The van der Waals surface area contributed by atoms with Gasteiger partial charge in [0.05, 0.1) is 11.4 Å². The van der Waals surface area contributed by atoms with E-state index in [0.717, 1.165) is 23.7 Å². The molecule has 7 aliphatic carbocycles. The lowest BCUT2D eigenvalue weighted by atomic mass is 9.27. The fraction of sp³-hybridized carbons (Fsp3) is 0.368. The van der Waals surface area contributed by atoms with Crippen molar-refractivity contribution in [3.63, 3.8) is 0 Å². The number of benzene rings is 6. The Morgan fingerprint density at radius 3 is 1.95 bits per heavy atom. The van der Waals surface area contributed by atoms with Crippen LogP contribution in [0.1, 0.15) is 113 Å². The molecule has 7 aliphatic rings. The number of fused-ring (bicyclic) bond motifs is 12. The number of hydrogen-bond acceptors (Lipinski definition) is 1. The van der Waals surface area contributed by atoms with Crippen LogP contribution in [0.3, 0.4) is 0 Å². The Balaban J connectivity index is 1.06. The summed E-state index contributed by atoms with van der Waals surface area (Å²) in [5.41, 5.74) is 22.2. The Morgan fingerprint density at radius 2 is 1.14 bits per heavy atom. The Morgan fingerprint density at radius 1 is 0.483 bits per heavy atom. The van der Waals surface area contributed by atoms with Crippen LogP contribution in [0.25, 0.3) is 33.4 Å². The zero-order valence-corrected chi connectivity index (χ0v) is 35.1. The van der Waals surface area contributed by atoms with Crippen LogP contribution in [0.4, 0.5) is 17.1 Å². The molecule has 0 aliphatic heterocycles. The number of rotatable bonds is 4. The van der Waals surface area contributed by atoms with Crippen LogP contribution in [0, 0.1) is 29.1 Å². The summed E-state index contributed by atoms with van der Waals surface area (Å²) in [4.78, 5) is 2.68. The SMILES string of the molecule is CC1(C)CCC(C)(C)c2cc(-c3ccccc3N(c3ccc4c(c3)C(C)(C)c3ccccc3-4)c3cccc4c3-c3ccccc3C43C4CC5CC6CC3C64C5)ccc21. The number of anilines is 3. The van der Waals surface area contributed by atoms with Gasteiger partial charge in [-0.25, -0.2) is 0 Å². The Kier molecular flexibility index (Phi) is 6.36. The average molecular weight is 754 g/mol. The van der Waals surface area contributed by atoms with E-state index in [1.165, 1.54) is 111 Å². The molecule has 6 aromatic rings. The van der Waals surface area contributed by atoms with Gasteiger partial charge in [-0.15, -0.1) is 0 Å². The molecule has 6 aromatic carbocycles. The summed E-state index contributed by atoms with van der Waals surface area (Å²) in [6.45, 7) is 14.6. The molecule has 0 heterocycles. The second kappa shape index (κ2) is 10.8. The van der Waals surface area contributed by atoms with Crippen LogP contribution in [0.2, 0.25) is 0 Å². The zero-order chi connectivity index (χ0) is 39.1. The molecule has 2 bridgehead atoms. The summed E-state index contributed by atoms with van der Waals surface area (Å²) in [5, 5.41) is 0. The van der Waals surface area contributed by atoms with Crippen molar-refractivity contribution in [3.05, 3.63) is 161 Å². The van der Waals surface area contributed by atoms with Crippen molar-refractivity contribution in [2.45, 2.75) is 102 Å². The highest BCUT2D eigenvalue weighted by molar-refractivity contribution is 5.99. The molecule has 1 nitrogen and oxygen atoms in total. The second-order valence-electron chi connectivity index (χ2n) is 21.6. The summed E-state index contributed by atoms with van der Waals surface area (Å²) >= 11 is 0. The highest BCUT2D eigenvalue weighted by Crippen LogP contribution is 2.90. The average Bonchev–Trinajstić information content (AvgIpc) is 3.92. The molecular weight excluding hydrogens is 699 g/mol. The molecule has 1 heteroatoms. The van der Waals surface area contributed by atoms with E-state index in [1.807, 2.05) is 0 Å². The third-order valence-corrected chi connectivity index (χ3v) is 18.0. The minimum atomic E-state index is -0.0951. The molecule has 0 amide bonds. The second-order valence-corrected chi connectivity index (χ2v) is 21.6. The monoisotopic (exact) mass is 753 g/mol. The summed E-state index contributed by atoms with van der Waals surface area (Å²) in [5.74, 6) is 3.47. The van der Waals surface area contributed by atoms with E-state index in [9.17, 15) is 0 Å². The predicted octanol–water partition coefficient (Wildman–Crippen LogP) is 14.8. The maximum Gasteiger partial charge on any atom is 0.0543 e. The van der Waals surface area contributed by atoms with Gasteiger partial charge in [-0.2, -0.15) is 0 Å². The molecule has 288 valence electrons. The van der Waals surface area contributed by atoms with Crippen LogP contribution in [-0.4, -0.2) is 0 Å². The maximum absolute atomic E-state index is 2.68. The van der Waals surface area contributed by atoms with Crippen molar-refractivity contribution < 1.29 is 0 Å². The van der Waals surface area contributed by atoms with Crippen LogP contribution in [0.15, 0.2) is 127 Å². The summed E-state index contributed by atoms with van der Waals surface area (Å²) in [6.07, 6.45) is 8.26. The topological polar surface area (TPSA) is 3.24 Å². The smallest absolute Gasteiger partial charge is 0.0543 e. The highest BCUT2D eigenvalue weighted by atomic mass is 15.1. The molecule has 13 rings (SSSR count). The van der Waals surface area contributed by atoms with Crippen molar-refractivity contribution >= 4 is 17.1 Å². The van der Waals surface area contributed by atoms with E-state index in [-0.39, 0.29) is 21.7 Å². The fourth-order valence-electron chi connectivity index (χ4n) is 15.4. The van der Waals surface area contributed by atoms with Gasteiger partial charge in [-0.05, 0) is 158 Å². The molecular formula is C57H55N. The van der Waals surface area contributed by atoms with Crippen molar-refractivity contribution in [2.24, 2.45) is 29.1 Å². The molecule has 6 atom stereocenters. The Hall–Kier alpha value is -4.88. The van der Waals surface area contributed by atoms with Gasteiger partial charge in [-0.3, -0.25) is 0 Å². The first-order valence-electron chi connectivity index (χ1n) is 22.5.